The molecule has 17 heavy (non-hydrogen) atoms. The second-order valence-corrected chi connectivity index (χ2v) is 4.78. The van der Waals surface area contributed by atoms with Gasteiger partial charge in [-0.25, -0.2) is 0 Å². The Labute approximate surface area is 105 Å². The Kier molecular flexibility index (Phi) is 12.8. The number of hydrogen-bond acceptors (Lipinski definition) is 4. The summed E-state index contributed by atoms with van der Waals surface area (Å²) in [6, 6.07) is 9.34. The fourth-order valence-electron chi connectivity index (χ4n) is 1.30. The van der Waals surface area contributed by atoms with Crippen LogP contribution in [0.1, 0.15) is 32.6 Å². The fraction of sp³-hybridized carbons (Fsp3) is 0.500. The summed E-state index contributed by atoms with van der Waals surface area (Å²) in [7, 11) is -1.65. The Bertz CT molecular complexity index is 294. The standard InChI is InChI=1S/C12H18O2P.2H3N/c1-2-3-4-8-11-14-15(13)12-9-6-5-7-10-12;;/h5-7,9-10H,2-4,8,11H2,1H3;2*1H3/q+1;;. The summed E-state index contributed by atoms with van der Waals surface area (Å²) in [5, 5.41) is 0.781. The van der Waals surface area contributed by atoms with Crippen molar-refractivity contribution in [3.8, 4) is 0 Å². The van der Waals surface area contributed by atoms with Gasteiger partial charge in [0.2, 0.25) is 5.30 Å². The molecule has 0 bridgehead atoms. The first-order valence-electron chi connectivity index (χ1n) is 5.50. The molecular formula is C12H24N2O2P+. The van der Waals surface area contributed by atoms with E-state index in [2.05, 4.69) is 6.92 Å². The van der Waals surface area contributed by atoms with Crippen molar-refractivity contribution in [2.45, 2.75) is 32.6 Å². The van der Waals surface area contributed by atoms with Crippen LogP contribution >= 0.6 is 8.03 Å². The van der Waals surface area contributed by atoms with Gasteiger partial charge in [-0.05, 0) is 23.1 Å². The van der Waals surface area contributed by atoms with E-state index >= 15 is 0 Å². The Morgan fingerprint density at radius 2 is 1.71 bits per heavy atom. The van der Waals surface area contributed by atoms with E-state index in [-0.39, 0.29) is 12.3 Å². The molecule has 0 aromatic heterocycles. The number of hydrogen-bond donors (Lipinski definition) is 2. The van der Waals surface area contributed by atoms with E-state index in [4.69, 9.17) is 4.52 Å². The second-order valence-electron chi connectivity index (χ2n) is 3.49. The van der Waals surface area contributed by atoms with Crippen LogP contribution in [-0.2, 0) is 9.09 Å². The minimum Gasteiger partial charge on any atom is -0.344 e. The van der Waals surface area contributed by atoms with Crippen LogP contribution in [0.4, 0.5) is 0 Å². The SMILES string of the molecule is CCCCCCO[P+](=O)c1ccccc1.N.N. The minimum absolute atomic E-state index is 0. The molecule has 0 saturated carbocycles. The van der Waals surface area contributed by atoms with Crippen LogP contribution in [0.3, 0.4) is 0 Å². The second kappa shape index (κ2) is 11.7. The molecule has 1 atom stereocenters. The molecule has 5 heteroatoms. The summed E-state index contributed by atoms with van der Waals surface area (Å²) in [4.78, 5) is 0. The Morgan fingerprint density at radius 3 is 2.29 bits per heavy atom. The highest BCUT2D eigenvalue weighted by atomic mass is 31.1. The molecule has 0 aliphatic carbocycles. The van der Waals surface area contributed by atoms with Crippen LogP contribution < -0.4 is 17.6 Å². The molecule has 0 radical (unpaired) electrons. The lowest BCUT2D eigenvalue weighted by atomic mass is 10.2. The third kappa shape index (κ3) is 8.00. The van der Waals surface area contributed by atoms with E-state index in [1.807, 2.05) is 30.3 Å². The maximum atomic E-state index is 11.6. The first-order valence-corrected chi connectivity index (χ1v) is 6.67. The third-order valence-electron chi connectivity index (χ3n) is 2.17. The van der Waals surface area contributed by atoms with Crippen molar-refractivity contribution in [3.63, 3.8) is 0 Å². The zero-order valence-corrected chi connectivity index (χ0v) is 11.5. The Morgan fingerprint density at radius 1 is 1.06 bits per heavy atom. The molecule has 0 aliphatic heterocycles. The third-order valence-corrected chi connectivity index (χ3v) is 3.31. The fourth-order valence-corrected chi connectivity index (χ4v) is 2.16. The average Bonchev–Trinajstić information content (AvgIpc) is 2.30. The van der Waals surface area contributed by atoms with Gasteiger partial charge in [0, 0.05) is 0 Å². The van der Waals surface area contributed by atoms with Crippen LogP contribution in [0, 0.1) is 0 Å². The van der Waals surface area contributed by atoms with Crippen LogP contribution in [0.2, 0.25) is 0 Å². The van der Waals surface area contributed by atoms with Gasteiger partial charge in [0.05, 0.1) is 0 Å². The lowest BCUT2D eigenvalue weighted by Gasteiger charge is -1.93. The highest BCUT2D eigenvalue weighted by Gasteiger charge is 2.20. The van der Waals surface area contributed by atoms with Crippen molar-refractivity contribution < 1.29 is 9.09 Å². The molecule has 4 nitrogen and oxygen atoms in total. The zero-order valence-electron chi connectivity index (χ0n) is 10.6. The molecule has 98 valence electrons. The summed E-state index contributed by atoms with van der Waals surface area (Å²) in [6.07, 6.45) is 4.60. The van der Waals surface area contributed by atoms with E-state index in [0.717, 1.165) is 18.1 Å². The smallest absolute Gasteiger partial charge is 0.344 e. The molecule has 1 aromatic rings. The largest absolute Gasteiger partial charge is 0.548 e. The maximum Gasteiger partial charge on any atom is 0.548 e. The van der Waals surface area contributed by atoms with Gasteiger partial charge in [0.15, 0.2) is 0 Å². The van der Waals surface area contributed by atoms with Crippen molar-refractivity contribution in [3.05, 3.63) is 30.3 Å². The zero-order chi connectivity index (χ0) is 10.9. The molecule has 0 saturated heterocycles. The molecular weight excluding hydrogens is 235 g/mol. The first kappa shape index (κ1) is 18.6. The highest BCUT2D eigenvalue weighted by molar-refractivity contribution is 7.48. The minimum atomic E-state index is -1.65. The van der Waals surface area contributed by atoms with Gasteiger partial charge in [-0.1, -0.05) is 44.4 Å². The van der Waals surface area contributed by atoms with Gasteiger partial charge < -0.3 is 12.3 Å². The van der Waals surface area contributed by atoms with Crippen molar-refractivity contribution in [1.29, 1.82) is 0 Å². The highest BCUT2D eigenvalue weighted by Crippen LogP contribution is 2.21. The van der Waals surface area contributed by atoms with Gasteiger partial charge in [0.25, 0.3) is 0 Å². The van der Waals surface area contributed by atoms with Crippen molar-refractivity contribution >= 4 is 13.3 Å². The number of unbranched alkanes of at least 4 members (excludes halogenated alkanes) is 3. The van der Waals surface area contributed by atoms with E-state index < -0.39 is 8.03 Å². The molecule has 0 aliphatic rings. The van der Waals surface area contributed by atoms with Crippen molar-refractivity contribution in [1.82, 2.24) is 12.3 Å². The van der Waals surface area contributed by atoms with Gasteiger partial charge in [-0.2, -0.15) is 0 Å². The maximum absolute atomic E-state index is 11.6. The van der Waals surface area contributed by atoms with E-state index in [1.165, 1.54) is 12.8 Å². The molecule has 1 unspecified atom stereocenters. The number of benzene rings is 1. The predicted octanol–water partition coefficient (Wildman–Crippen LogP) is 3.98. The number of rotatable bonds is 7. The summed E-state index contributed by atoms with van der Waals surface area (Å²) in [5.41, 5.74) is 0. The normalized spacial score (nSPS) is 10.1. The van der Waals surface area contributed by atoms with Crippen molar-refractivity contribution in [2.24, 2.45) is 0 Å². The van der Waals surface area contributed by atoms with Crippen LogP contribution in [-0.4, -0.2) is 6.61 Å². The lowest BCUT2D eigenvalue weighted by molar-refractivity contribution is 0.322. The van der Waals surface area contributed by atoms with Gasteiger partial charge in [-0.15, -0.1) is 4.52 Å². The van der Waals surface area contributed by atoms with E-state index in [0.29, 0.717) is 6.61 Å². The van der Waals surface area contributed by atoms with Crippen molar-refractivity contribution in [2.75, 3.05) is 6.61 Å². The molecule has 1 rings (SSSR count). The van der Waals surface area contributed by atoms with E-state index in [1.54, 1.807) is 0 Å². The van der Waals surface area contributed by atoms with Crippen LogP contribution in [0.25, 0.3) is 0 Å². The Balaban J connectivity index is 0. The predicted molar refractivity (Wildman–Crippen MR) is 73.8 cm³/mol. The molecule has 0 amide bonds. The molecule has 0 heterocycles. The molecule has 0 spiro atoms. The molecule has 1 aromatic carbocycles. The van der Waals surface area contributed by atoms with E-state index in [9.17, 15) is 4.57 Å². The summed E-state index contributed by atoms with van der Waals surface area (Å²) >= 11 is 0. The van der Waals surface area contributed by atoms with Gasteiger partial charge >= 0.3 is 8.03 Å². The average molecular weight is 259 g/mol. The monoisotopic (exact) mass is 259 g/mol. The molecule has 0 fully saturated rings. The topological polar surface area (TPSA) is 96.3 Å². The van der Waals surface area contributed by atoms with Crippen LogP contribution in [0.5, 0.6) is 0 Å². The lowest BCUT2D eigenvalue weighted by Crippen LogP contribution is -1.98. The van der Waals surface area contributed by atoms with Crippen LogP contribution in [0.15, 0.2) is 30.3 Å². The molecule has 6 N–H and O–H groups in total. The summed E-state index contributed by atoms with van der Waals surface area (Å²) in [6.45, 7) is 2.77. The Hall–Kier alpha value is -0.800. The summed E-state index contributed by atoms with van der Waals surface area (Å²) in [5.74, 6) is 0. The quantitative estimate of drug-likeness (QED) is 0.571. The van der Waals surface area contributed by atoms with Gasteiger partial charge in [0.1, 0.15) is 6.61 Å². The first-order chi connectivity index (χ1) is 7.34. The van der Waals surface area contributed by atoms with Gasteiger partial charge in [-0.3, -0.25) is 0 Å². The summed E-state index contributed by atoms with van der Waals surface area (Å²) < 4.78 is 16.9.